The van der Waals surface area contributed by atoms with Crippen LogP contribution in [0.5, 0.6) is 11.5 Å². The molecule has 0 saturated heterocycles. The number of ether oxygens (including phenoxy) is 1. The van der Waals surface area contributed by atoms with Crippen molar-refractivity contribution >= 4 is 76.7 Å². The van der Waals surface area contributed by atoms with Crippen LogP contribution in [0.25, 0.3) is 138 Å². The van der Waals surface area contributed by atoms with Gasteiger partial charge in [-0.15, -0.1) is 29.7 Å². The van der Waals surface area contributed by atoms with Gasteiger partial charge in [0.15, 0.2) is 0 Å². The van der Waals surface area contributed by atoms with Gasteiger partial charge in [0.05, 0.1) is 16.7 Å². The Hall–Kier alpha value is -10.6. The standard InChI is InChI=1S/C83H58N4O3.Pt/c1-52-19-16-32-74-81(52)86(51-85(74)60-22-17-23-61(49-60)88-62-37-38-67-66-26-10-13-31-73(66)87(75(67)50-62)80-48-59(41-42-84-80)83(2,3)4)82-64(29-18-30-70(82)65-25-9-8-24-63(65)53-20-6-5-7-21-53)58-44-56(54-35-39-78-71(46-54)68-27-11-14-33-76(68)89-78)43-57(45-58)55-36-40-79-72(47-55)69-28-12-15-34-77(69)90-79;/h5-20,22-48,53H,21H2,1-4H3;/q-2;. The van der Waals surface area contributed by atoms with Crippen molar-refractivity contribution < 1.29 is 39.2 Å². The SMILES string of the molecule is Cc1cccc2c1[n+](-c1c(-c3cc(-c4ccc5oc6ccccc6c5c4)cc(-c4ccc5oc6ccccc6c5c4)c3)cccc1-c1ccccc1C1C=CC=CC1)[c-]n2-c1[c-]c(Oc2[c-]c3c(cc2)c2ccccc2n3-c2cc(C(C)(C)C)ccn2)ccc1.[Pt]. The Balaban J connectivity index is 0.00000661. The molecule has 1 atom stereocenters. The van der Waals surface area contributed by atoms with E-state index in [4.69, 9.17) is 18.6 Å². The average Bonchev–Trinajstić information content (AvgIpc) is 1.71. The Morgan fingerprint density at radius 1 is 0.516 bits per heavy atom. The van der Waals surface area contributed by atoms with Crippen molar-refractivity contribution in [2.45, 2.75) is 45.4 Å². The number of pyridine rings is 1. The first kappa shape index (κ1) is 55.7. The smallest absolute Gasteiger partial charge is 0.268 e. The molecular weight excluding hydrogens is 1300 g/mol. The van der Waals surface area contributed by atoms with Crippen molar-refractivity contribution in [1.29, 1.82) is 0 Å². The van der Waals surface area contributed by atoms with E-state index in [1.807, 2.05) is 48.7 Å². The third kappa shape index (κ3) is 9.62. The molecule has 1 aliphatic rings. The summed E-state index contributed by atoms with van der Waals surface area (Å²) < 4.78 is 26.3. The number of furan rings is 2. The summed E-state index contributed by atoms with van der Waals surface area (Å²) in [5.74, 6) is 2.14. The molecule has 8 heteroatoms. The molecule has 5 heterocycles. The molecule has 0 N–H and O–H groups in total. The number of allylic oxidation sites excluding steroid dienone is 4. The molecule has 1 aliphatic carbocycles. The maximum absolute atomic E-state index is 6.84. The number of aryl methyl sites for hydroxylation is 1. The van der Waals surface area contributed by atoms with Crippen molar-refractivity contribution in [3.8, 4) is 73.2 Å². The van der Waals surface area contributed by atoms with Crippen LogP contribution in [0.4, 0.5) is 0 Å². The molecule has 0 bridgehead atoms. The second-order valence-electron chi connectivity index (χ2n) is 24.7. The van der Waals surface area contributed by atoms with Crippen LogP contribution in [-0.4, -0.2) is 14.1 Å². The second-order valence-corrected chi connectivity index (χ2v) is 24.7. The van der Waals surface area contributed by atoms with Crippen LogP contribution in [0.3, 0.4) is 0 Å². The largest absolute Gasteiger partial charge is 0.510 e. The topological polar surface area (TPSA) is 62.1 Å². The first-order chi connectivity index (χ1) is 44.1. The molecule has 7 nitrogen and oxygen atoms in total. The van der Waals surface area contributed by atoms with Crippen LogP contribution < -0.4 is 9.30 Å². The number of fused-ring (bicyclic) bond motifs is 10. The molecule has 5 aromatic heterocycles. The van der Waals surface area contributed by atoms with E-state index in [9.17, 15) is 0 Å². The van der Waals surface area contributed by atoms with E-state index >= 15 is 0 Å². The third-order valence-electron chi connectivity index (χ3n) is 18.0. The van der Waals surface area contributed by atoms with Gasteiger partial charge in [-0.3, -0.25) is 4.57 Å². The van der Waals surface area contributed by atoms with Crippen molar-refractivity contribution in [2.24, 2.45) is 0 Å². The minimum absolute atomic E-state index is 0. The van der Waals surface area contributed by atoms with Crippen molar-refractivity contribution in [2.75, 3.05) is 0 Å². The predicted molar refractivity (Wildman–Crippen MR) is 365 cm³/mol. The van der Waals surface area contributed by atoms with Gasteiger partial charge in [0.2, 0.25) is 0 Å². The van der Waals surface area contributed by atoms with E-state index in [1.165, 1.54) is 11.1 Å². The molecule has 17 rings (SSSR count). The van der Waals surface area contributed by atoms with Gasteiger partial charge in [-0.2, -0.15) is 18.2 Å². The molecule has 0 saturated carbocycles. The fraction of sp³-hybridized carbons (Fsp3) is 0.0843. The molecule has 0 amide bonds. The summed E-state index contributed by atoms with van der Waals surface area (Å²) in [4.78, 5) is 4.92. The number of imidazole rings is 1. The first-order valence-corrected chi connectivity index (χ1v) is 30.8. The normalized spacial score (nSPS) is 13.4. The fourth-order valence-corrected chi connectivity index (χ4v) is 13.6. The van der Waals surface area contributed by atoms with Gasteiger partial charge in [-0.25, -0.2) is 4.98 Å². The number of nitrogens with zero attached hydrogens (tertiary/aromatic N) is 4. The van der Waals surface area contributed by atoms with Gasteiger partial charge < -0.3 is 22.7 Å². The molecule has 91 heavy (non-hydrogen) atoms. The third-order valence-corrected chi connectivity index (χ3v) is 18.0. The van der Waals surface area contributed by atoms with E-state index in [2.05, 4.69) is 272 Å². The van der Waals surface area contributed by atoms with Gasteiger partial charge in [0.25, 0.3) is 6.33 Å². The van der Waals surface area contributed by atoms with Crippen LogP contribution in [0.15, 0.2) is 270 Å². The van der Waals surface area contributed by atoms with Crippen LogP contribution >= 0.6 is 0 Å². The van der Waals surface area contributed by atoms with Gasteiger partial charge in [0.1, 0.15) is 28.1 Å². The minimum atomic E-state index is -0.0599. The summed E-state index contributed by atoms with van der Waals surface area (Å²) in [5.41, 5.74) is 21.3. The van der Waals surface area contributed by atoms with Gasteiger partial charge in [-0.1, -0.05) is 178 Å². The molecule has 440 valence electrons. The van der Waals surface area contributed by atoms with Crippen LogP contribution in [0.1, 0.15) is 49.8 Å². The Morgan fingerprint density at radius 2 is 1.14 bits per heavy atom. The summed E-state index contributed by atoms with van der Waals surface area (Å²) in [5, 5.41) is 6.51. The van der Waals surface area contributed by atoms with Crippen molar-refractivity contribution in [3.05, 3.63) is 296 Å². The number of hydrogen-bond acceptors (Lipinski definition) is 4. The first-order valence-electron chi connectivity index (χ1n) is 30.8. The fourth-order valence-electron chi connectivity index (χ4n) is 13.6. The van der Waals surface area contributed by atoms with Gasteiger partial charge in [-0.05, 0) is 164 Å². The Kier molecular flexibility index (Phi) is 13.6. The number of hydrogen-bond donors (Lipinski definition) is 0. The van der Waals surface area contributed by atoms with Crippen LogP contribution in [0, 0.1) is 25.4 Å². The van der Waals surface area contributed by atoms with E-state index in [-0.39, 0.29) is 32.4 Å². The maximum atomic E-state index is 6.84. The predicted octanol–water partition coefficient (Wildman–Crippen LogP) is 21.3. The summed E-state index contributed by atoms with van der Waals surface area (Å²) in [7, 11) is 0. The molecule has 11 aromatic carbocycles. The number of rotatable bonds is 10. The van der Waals surface area contributed by atoms with E-state index in [0.29, 0.717) is 11.5 Å². The zero-order chi connectivity index (χ0) is 60.2. The van der Waals surface area contributed by atoms with Crippen LogP contribution in [0.2, 0.25) is 0 Å². The van der Waals surface area contributed by atoms with Gasteiger partial charge in [0, 0.05) is 71.7 Å². The van der Waals surface area contributed by atoms with Crippen molar-refractivity contribution in [3.63, 3.8) is 0 Å². The molecule has 0 spiro atoms. The number of benzene rings is 11. The zero-order valence-corrected chi connectivity index (χ0v) is 52.7. The summed E-state index contributed by atoms with van der Waals surface area (Å²) in [6.45, 7) is 8.88. The molecular formula is C83H58N4O3Pt-2. The number of para-hydroxylation sites is 5. The zero-order valence-electron chi connectivity index (χ0n) is 50.4. The molecule has 1 unspecified atom stereocenters. The summed E-state index contributed by atoms with van der Waals surface area (Å²) in [6.07, 6.45) is 15.7. The minimum Gasteiger partial charge on any atom is -0.510 e. The maximum Gasteiger partial charge on any atom is 0.268 e. The van der Waals surface area contributed by atoms with Crippen LogP contribution in [-0.2, 0) is 26.5 Å². The Morgan fingerprint density at radius 3 is 1.88 bits per heavy atom. The average molecular weight is 1350 g/mol. The summed E-state index contributed by atoms with van der Waals surface area (Å²) >= 11 is 0. The monoisotopic (exact) mass is 1350 g/mol. The van der Waals surface area contributed by atoms with E-state index in [0.717, 1.165) is 150 Å². The molecule has 0 radical (unpaired) electrons. The molecule has 0 fully saturated rings. The summed E-state index contributed by atoms with van der Waals surface area (Å²) in [6, 6.07) is 89.3. The van der Waals surface area contributed by atoms with Crippen molar-refractivity contribution in [1.82, 2.24) is 14.1 Å². The van der Waals surface area contributed by atoms with E-state index < -0.39 is 0 Å². The van der Waals surface area contributed by atoms with Gasteiger partial charge >= 0.3 is 0 Å². The van der Waals surface area contributed by atoms with E-state index in [1.54, 1.807) is 0 Å². The Bertz CT molecular complexity index is 5520. The number of aromatic nitrogens is 4. The Labute approximate surface area is 541 Å². The molecule has 0 aliphatic heterocycles. The molecule has 16 aromatic rings. The second kappa shape index (κ2) is 22.2. The quantitative estimate of drug-likeness (QED) is 0.101.